The van der Waals surface area contributed by atoms with Gasteiger partial charge in [-0.25, -0.2) is 0 Å². The van der Waals surface area contributed by atoms with Crippen LogP contribution in [-0.2, 0) is 16.0 Å². The first-order chi connectivity index (χ1) is 16.5. The fraction of sp³-hybridized carbons (Fsp3) is 0.407. The lowest BCUT2D eigenvalue weighted by atomic mass is 10.1. The first-order valence-corrected chi connectivity index (χ1v) is 12.0. The minimum absolute atomic E-state index is 0.147. The fourth-order valence-corrected chi connectivity index (χ4v) is 4.24. The number of hydrogen-bond acceptors (Lipinski definition) is 4. The molecule has 0 bridgehead atoms. The molecule has 0 saturated carbocycles. The number of benzene rings is 2. The summed E-state index contributed by atoms with van der Waals surface area (Å²) in [5.74, 6) is -0.934. The molecule has 1 aliphatic heterocycles. The zero-order valence-corrected chi connectivity index (χ0v) is 20.0. The monoisotopic (exact) mass is 463 g/mol. The zero-order chi connectivity index (χ0) is 24.5. The van der Waals surface area contributed by atoms with Crippen LogP contribution in [0.1, 0.15) is 65.8 Å². The molecular formula is C27H33N3O4. The van der Waals surface area contributed by atoms with Crippen LogP contribution in [0.15, 0.2) is 54.6 Å². The molecule has 2 aromatic carbocycles. The van der Waals surface area contributed by atoms with E-state index in [9.17, 15) is 19.2 Å². The van der Waals surface area contributed by atoms with Crippen LogP contribution in [0.4, 0.5) is 0 Å². The van der Waals surface area contributed by atoms with Crippen LogP contribution >= 0.6 is 0 Å². The number of carbonyl (C=O) groups is 4. The largest absolute Gasteiger partial charge is 0.354 e. The minimum Gasteiger partial charge on any atom is -0.354 e. The van der Waals surface area contributed by atoms with Crippen molar-refractivity contribution in [2.75, 3.05) is 19.6 Å². The average molecular weight is 464 g/mol. The molecule has 3 rings (SSSR count). The normalized spacial score (nSPS) is 13.5. The molecule has 0 aliphatic carbocycles. The van der Waals surface area contributed by atoms with Gasteiger partial charge in [-0.05, 0) is 43.4 Å². The first-order valence-electron chi connectivity index (χ1n) is 12.0. The topological polar surface area (TPSA) is 86.8 Å². The maximum Gasteiger partial charge on any atom is 0.261 e. The van der Waals surface area contributed by atoms with Crippen LogP contribution in [-0.4, -0.2) is 59.1 Å². The Kier molecular flexibility index (Phi) is 8.96. The first kappa shape index (κ1) is 25.1. The van der Waals surface area contributed by atoms with Crippen molar-refractivity contribution in [2.45, 2.75) is 52.0 Å². The molecule has 0 unspecified atom stereocenters. The Bertz CT molecular complexity index is 987. The third kappa shape index (κ3) is 5.90. The summed E-state index contributed by atoms with van der Waals surface area (Å²) >= 11 is 0. The number of carbonyl (C=O) groups excluding carboxylic acids is 4. The van der Waals surface area contributed by atoms with Gasteiger partial charge in [0.2, 0.25) is 11.8 Å². The van der Waals surface area contributed by atoms with E-state index in [0.717, 1.165) is 12.0 Å². The van der Waals surface area contributed by atoms with E-state index in [4.69, 9.17) is 0 Å². The molecule has 34 heavy (non-hydrogen) atoms. The molecular weight excluding hydrogens is 430 g/mol. The highest BCUT2D eigenvalue weighted by atomic mass is 16.2. The van der Waals surface area contributed by atoms with Crippen molar-refractivity contribution in [1.29, 1.82) is 0 Å². The van der Waals surface area contributed by atoms with Gasteiger partial charge in [-0.3, -0.25) is 24.1 Å². The Morgan fingerprint density at radius 1 is 0.941 bits per heavy atom. The quantitative estimate of drug-likeness (QED) is 0.489. The van der Waals surface area contributed by atoms with Crippen LogP contribution < -0.4 is 5.32 Å². The van der Waals surface area contributed by atoms with E-state index >= 15 is 0 Å². The molecule has 4 amide bonds. The zero-order valence-electron chi connectivity index (χ0n) is 20.0. The molecule has 0 fully saturated rings. The Balaban J connectivity index is 1.65. The van der Waals surface area contributed by atoms with Gasteiger partial charge in [-0.15, -0.1) is 0 Å². The lowest BCUT2D eigenvalue weighted by Crippen LogP contribution is -2.50. The van der Waals surface area contributed by atoms with Crippen molar-refractivity contribution in [3.05, 3.63) is 71.3 Å². The third-order valence-corrected chi connectivity index (χ3v) is 6.07. The van der Waals surface area contributed by atoms with Gasteiger partial charge in [0, 0.05) is 26.1 Å². The van der Waals surface area contributed by atoms with E-state index in [-0.39, 0.29) is 36.6 Å². The summed E-state index contributed by atoms with van der Waals surface area (Å²) in [6, 6.07) is 16.1. The van der Waals surface area contributed by atoms with Crippen molar-refractivity contribution in [2.24, 2.45) is 0 Å². The smallest absolute Gasteiger partial charge is 0.261 e. The molecule has 1 heterocycles. The predicted octanol–water partition coefficient (Wildman–Crippen LogP) is 3.44. The Labute approximate surface area is 201 Å². The summed E-state index contributed by atoms with van der Waals surface area (Å²) in [4.78, 5) is 54.1. The predicted molar refractivity (Wildman–Crippen MR) is 130 cm³/mol. The minimum atomic E-state index is -0.554. The van der Waals surface area contributed by atoms with Gasteiger partial charge in [0.25, 0.3) is 11.8 Å². The van der Waals surface area contributed by atoms with E-state index in [2.05, 4.69) is 5.32 Å². The number of rotatable bonds is 12. The Hall–Kier alpha value is -3.48. The van der Waals surface area contributed by atoms with Gasteiger partial charge in [-0.2, -0.15) is 0 Å². The van der Waals surface area contributed by atoms with Gasteiger partial charge < -0.3 is 10.2 Å². The molecule has 7 heteroatoms. The Morgan fingerprint density at radius 2 is 1.56 bits per heavy atom. The summed E-state index contributed by atoms with van der Waals surface area (Å²) in [6.45, 7) is 5.05. The summed E-state index contributed by atoms with van der Waals surface area (Å²) in [6.07, 6.45) is 2.47. The second-order valence-corrected chi connectivity index (χ2v) is 8.45. The van der Waals surface area contributed by atoms with Crippen LogP contribution in [0.3, 0.4) is 0 Å². The molecule has 180 valence electrons. The molecule has 0 radical (unpaired) electrons. The van der Waals surface area contributed by atoms with Gasteiger partial charge in [-0.1, -0.05) is 56.3 Å². The van der Waals surface area contributed by atoms with Crippen molar-refractivity contribution >= 4 is 23.6 Å². The molecule has 2 aromatic rings. The summed E-state index contributed by atoms with van der Waals surface area (Å²) in [7, 11) is 0. The highest BCUT2D eigenvalue weighted by molar-refractivity contribution is 6.21. The standard InChI is InChI=1S/C27H33N3O4/c1-3-17-28-25(32)23(4-2)29(19-16-20-11-6-5-7-12-20)24(31)15-10-18-30-26(33)21-13-8-9-14-22(21)27(30)34/h5-9,11-14,23H,3-4,10,15-19H2,1-2H3,(H,28,32)/t23-/m0/s1. The number of hydrogen-bond donors (Lipinski definition) is 1. The Morgan fingerprint density at radius 3 is 2.15 bits per heavy atom. The summed E-state index contributed by atoms with van der Waals surface area (Å²) in [5.41, 5.74) is 1.90. The molecule has 0 spiro atoms. The van der Waals surface area contributed by atoms with Gasteiger partial charge in [0.05, 0.1) is 11.1 Å². The van der Waals surface area contributed by atoms with E-state index in [0.29, 0.717) is 43.5 Å². The maximum atomic E-state index is 13.3. The van der Waals surface area contributed by atoms with Crippen molar-refractivity contribution < 1.29 is 19.2 Å². The van der Waals surface area contributed by atoms with E-state index in [1.807, 2.05) is 44.2 Å². The molecule has 7 nitrogen and oxygen atoms in total. The van der Waals surface area contributed by atoms with Gasteiger partial charge in [0.15, 0.2) is 0 Å². The van der Waals surface area contributed by atoms with Crippen molar-refractivity contribution in [3.63, 3.8) is 0 Å². The lowest BCUT2D eigenvalue weighted by Gasteiger charge is -2.31. The number of nitrogens with one attached hydrogen (secondary N) is 1. The highest BCUT2D eigenvalue weighted by Gasteiger charge is 2.35. The summed E-state index contributed by atoms with van der Waals surface area (Å²) < 4.78 is 0. The van der Waals surface area contributed by atoms with Crippen molar-refractivity contribution in [3.8, 4) is 0 Å². The van der Waals surface area contributed by atoms with Crippen LogP contribution in [0.25, 0.3) is 0 Å². The van der Waals surface area contributed by atoms with Crippen LogP contribution in [0.2, 0.25) is 0 Å². The molecule has 0 aromatic heterocycles. The molecule has 0 saturated heterocycles. The number of imide groups is 1. The molecule has 1 aliphatic rings. The number of fused-ring (bicyclic) bond motifs is 1. The second kappa shape index (κ2) is 12.1. The summed E-state index contributed by atoms with van der Waals surface area (Å²) in [5, 5.41) is 2.91. The second-order valence-electron chi connectivity index (χ2n) is 8.45. The molecule has 1 atom stereocenters. The van der Waals surface area contributed by atoms with Crippen LogP contribution in [0, 0.1) is 0 Å². The van der Waals surface area contributed by atoms with Gasteiger partial charge in [0.1, 0.15) is 6.04 Å². The number of nitrogens with zero attached hydrogens (tertiary/aromatic N) is 2. The highest BCUT2D eigenvalue weighted by Crippen LogP contribution is 2.23. The van der Waals surface area contributed by atoms with Gasteiger partial charge >= 0.3 is 0 Å². The van der Waals surface area contributed by atoms with E-state index in [1.54, 1.807) is 29.2 Å². The van der Waals surface area contributed by atoms with Crippen molar-refractivity contribution in [1.82, 2.24) is 15.1 Å². The average Bonchev–Trinajstić information content (AvgIpc) is 3.10. The SMILES string of the molecule is CCCNC(=O)[C@H](CC)N(CCc1ccccc1)C(=O)CCCN1C(=O)c2ccccc2C1=O. The lowest BCUT2D eigenvalue weighted by molar-refractivity contribution is -0.140. The van der Waals surface area contributed by atoms with E-state index in [1.165, 1.54) is 4.90 Å². The maximum absolute atomic E-state index is 13.3. The molecule has 1 N–H and O–H groups in total. The van der Waals surface area contributed by atoms with E-state index < -0.39 is 6.04 Å². The third-order valence-electron chi connectivity index (χ3n) is 6.07. The van der Waals surface area contributed by atoms with Crippen LogP contribution in [0.5, 0.6) is 0 Å². The fourth-order valence-electron chi connectivity index (χ4n) is 4.24. The number of amides is 4.